The quantitative estimate of drug-likeness (QED) is 0.846. The minimum Gasteiger partial charge on any atom is -0.358 e. The summed E-state index contributed by atoms with van der Waals surface area (Å²) in [5.41, 5.74) is 3.92. The van der Waals surface area contributed by atoms with Crippen molar-refractivity contribution in [2.75, 3.05) is 17.2 Å². The topological polar surface area (TPSA) is 54.0 Å². The van der Waals surface area contributed by atoms with Crippen LogP contribution in [0.15, 0.2) is 36.2 Å². The Morgan fingerprint density at radius 3 is 3.20 bits per heavy atom. The predicted molar refractivity (Wildman–Crippen MR) is 83.3 cm³/mol. The van der Waals surface area contributed by atoms with Crippen molar-refractivity contribution in [2.45, 2.75) is 12.8 Å². The summed E-state index contributed by atoms with van der Waals surface area (Å²) in [7, 11) is 0. The van der Waals surface area contributed by atoms with Crippen LogP contribution in [-0.2, 0) is 4.79 Å². The molecule has 0 saturated carbocycles. The van der Waals surface area contributed by atoms with Crippen molar-refractivity contribution >= 4 is 28.1 Å². The molecule has 0 saturated heterocycles. The normalized spacial score (nSPS) is 16.6. The van der Waals surface area contributed by atoms with Crippen molar-refractivity contribution < 1.29 is 4.79 Å². The van der Waals surface area contributed by atoms with E-state index in [1.165, 1.54) is 0 Å². The Bertz CT molecular complexity index is 678. The Hall–Kier alpha value is -2.14. The Labute approximate surface area is 121 Å². The second-order valence-electron chi connectivity index (χ2n) is 4.72. The first-order valence-electron chi connectivity index (χ1n) is 6.44. The van der Waals surface area contributed by atoms with Crippen molar-refractivity contribution in [2.24, 2.45) is 0 Å². The molecule has 1 atom stereocenters. The molecule has 102 valence electrons. The van der Waals surface area contributed by atoms with Crippen LogP contribution in [-0.4, -0.2) is 17.4 Å². The van der Waals surface area contributed by atoms with E-state index >= 15 is 0 Å². The highest BCUT2D eigenvalue weighted by Gasteiger charge is 2.26. The summed E-state index contributed by atoms with van der Waals surface area (Å²) in [6.45, 7) is 6.29. The molecule has 2 heterocycles. The first kappa shape index (κ1) is 12.9. The molecule has 1 aliphatic rings. The fraction of sp³-hybridized carbons (Fsp3) is 0.200. The van der Waals surface area contributed by atoms with Crippen molar-refractivity contribution in [1.82, 2.24) is 4.98 Å². The Balaban J connectivity index is 1.90. The number of fused-ring (bicyclic) bond motifs is 1. The molecule has 1 aromatic carbocycles. The van der Waals surface area contributed by atoms with Crippen LogP contribution in [0.2, 0.25) is 0 Å². The van der Waals surface area contributed by atoms with Gasteiger partial charge in [-0.2, -0.15) is 0 Å². The maximum atomic E-state index is 11.7. The van der Waals surface area contributed by atoms with Gasteiger partial charge in [0.25, 0.3) is 0 Å². The number of amides is 1. The highest BCUT2D eigenvalue weighted by atomic mass is 32.1. The van der Waals surface area contributed by atoms with Gasteiger partial charge in [0.1, 0.15) is 0 Å². The minimum atomic E-state index is -0.0954. The van der Waals surface area contributed by atoms with E-state index in [1.54, 1.807) is 17.4 Å². The number of carbonyl (C=O) groups is 1. The van der Waals surface area contributed by atoms with Crippen molar-refractivity contribution in [3.8, 4) is 11.3 Å². The van der Waals surface area contributed by atoms with Gasteiger partial charge in [-0.1, -0.05) is 12.1 Å². The van der Waals surface area contributed by atoms with Gasteiger partial charge in [-0.15, -0.1) is 17.9 Å². The first-order chi connectivity index (χ1) is 9.69. The fourth-order valence-corrected chi connectivity index (χ4v) is 2.95. The Kier molecular flexibility index (Phi) is 3.28. The highest BCUT2D eigenvalue weighted by molar-refractivity contribution is 7.14. The van der Waals surface area contributed by atoms with Crippen LogP contribution in [0.1, 0.15) is 18.4 Å². The van der Waals surface area contributed by atoms with Crippen LogP contribution in [0.4, 0.5) is 10.8 Å². The molecule has 1 aliphatic heterocycles. The number of rotatable bonds is 4. The molecule has 0 aliphatic carbocycles. The molecule has 3 rings (SSSR count). The standard InChI is InChI=1S/C15H15N3OS/c1-3-6-16-15-18-13(8-20-15)10-4-5-12-11(7-10)9(2)14(19)17-12/h3-5,7-9H,1,6H2,2H3,(H,16,18)(H,17,19). The van der Waals surface area contributed by atoms with E-state index in [4.69, 9.17) is 0 Å². The summed E-state index contributed by atoms with van der Waals surface area (Å²) < 4.78 is 0. The molecule has 2 N–H and O–H groups in total. The molecular weight excluding hydrogens is 270 g/mol. The van der Waals surface area contributed by atoms with Gasteiger partial charge in [-0.3, -0.25) is 4.79 Å². The summed E-state index contributed by atoms with van der Waals surface area (Å²) in [5, 5.41) is 8.95. The number of thiazole rings is 1. The Morgan fingerprint density at radius 1 is 1.55 bits per heavy atom. The lowest BCUT2D eigenvalue weighted by Crippen LogP contribution is -2.08. The average molecular weight is 285 g/mol. The van der Waals surface area contributed by atoms with Gasteiger partial charge in [0.05, 0.1) is 11.6 Å². The van der Waals surface area contributed by atoms with E-state index < -0.39 is 0 Å². The molecule has 4 nitrogen and oxygen atoms in total. The van der Waals surface area contributed by atoms with Crippen LogP contribution >= 0.6 is 11.3 Å². The molecule has 2 aromatic rings. The summed E-state index contributed by atoms with van der Waals surface area (Å²) in [4.78, 5) is 16.2. The van der Waals surface area contributed by atoms with Crippen molar-refractivity contribution in [1.29, 1.82) is 0 Å². The molecule has 5 heteroatoms. The largest absolute Gasteiger partial charge is 0.358 e. The highest BCUT2D eigenvalue weighted by Crippen LogP contribution is 2.36. The number of carbonyl (C=O) groups excluding carboxylic acids is 1. The molecule has 20 heavy (non-hydrogen) atoms. The smallest absolute Gasteiger partial charge is 0.231 e. The third-order valence-electron chi connectivity index (χ3n) is 3.37. The second kappa shape index (κ2) is 5.09. The van der Waals surface area contributed by atoms with Crippen molar-refractivity contribution in [3.63, 3.8) is 0 Å². The van der Waals surface area contributed by atoms with E-state index in [0.717, 1.165) is 27.6 Å². The zero-order chi connectivity index (χ0) is 14.1. The van der Waals surface area contributed by atoms with Gasteiger partial charge in [0.15, 0.2) is 5.13 Å². The number of benzene rings is 1. The number of hydrogen-bond donors (Lipinski definition) is 2. The first-order valence-corrected chi connectivity index (χ1v) is 7.32. The lowest BCUT2D eigenvalue weighted by atomic mass is 10.00. The molecule has 0 fully saturated rings. The lowest BCUT2D eigenvalue weighted by molar-refractivity contribution is -0.116. The molecule has 0 bridgehead atoms. The maximum Gasteiger partial charge on any atom is 0.231 e. The summed E-state index contributed by atoms with van der Waals surface area (Å²) in [6, 6.07) is 5.98. The zero-order valence-electron chi connectivity index (χ0n) is 11.1. The molecule has 0 spiro atoms. The summed E-state index contributed by atoms with van der Waals surface area (Å²) in [6.07, 6.45) is 1.80. The number of nitrogens with zero attached hydrogens (tertiary/aromatic N) is 1. The van der Waals surface area contributed by atoms with Gasteiger partial charge < -0.3 is 10.6 Å². The summed E-state index contributed by atoms with van der Waals surface area (Å²) >= 11 is 1.57. The van der Waals surface area contributed by atoms with Gasteiger partial charge in [0.2, 0.25) is 5.91 Å². The zero-order valence-corrected chi connectivity index (χ0v) is 12.0. The van der Waals surface area contributed by atoms with Gasteiger partial charge in [0, 0.05) is 23.2 Å². The van der Waals surface area contributed by atoms with E-state index in [-0.39, 0.29) is 11.8 Å². The number of nitrogens with one attached hydrogen (secondary N) is 2. The molecular formula is C15H15N3OS. The predicted octanol–water partition coefficient (Wildman–Crippen LogP) is 3.46. The average Bonchev–Trinajstić information content (AvgIpc) is 3.03. The third-order valence-corrected chi connectivity index (χ3v) is 4.17. The number of anilines is 2. The van der Waals surface area contributed by atoms with Crippen LogP contribution in [0.5, 0.6) is 0 Å². The van der Waals surface area contributed by atoms with E-state index in [2.05, 4.69) is 22.2 Å². The van der Waals surface area contributed by atoms with Gasteiger partial charge in [-0.05, 0) is 24.6 Å². The second-order valence-corrected chi connectivity index (χ2v) is 5.58. The molecule has 1 aromatic heterocycles. The van der Waals surface area contributed by atoms with Crippen molar-refractivity contribution in [3.05, 3.63) is 41.8 Å². The minimum absolute atomic E-state index is 0.0590. The van der Waals surface area contributed by atoms with Gasteiger partial charge in [-0.25, -0.2) is 4.98 Å². The van der Waals surface area contributed by atoms with E-state index in [1.807, 2.05) is 30.5 Å². The van der Waals surface area contributed by atoms with Crippen LogP contribution in [0, 0.1) is 0 Å². The number of aromatic nitrogens is 1. The monoisotopic (exact) mass is 285 g/mol. The van der Waals surface area contributed by atoms with Crippen LogP contribution < -0.4 is 10.6 Å². The Morgan fingerprint density at radius 2 is 2.40 bits per heavy atom. The number of hydrogen-bond acceptors (Lipinski definition) is 4. The molecule has 1 amide bonds. The van der Waals surface area contributed by atoms with Crippen LogP contribution in [0.25, 0.3) is 11.3 Å². The SMILES string of the molecule is C=CCNc1nc(-c2ccc3c(c2)C(C)C(=O)N3)cs1. The van der Waals surface area contributed by atoms with Gasteiger partial charge >= 0.3 is 0 Å². The lowest BCUT2D eigenvalue weighted by Gasteiger charge is -2.04. The maximum absolute atomic E-state index is 11.7. The third kappa shape index (κ3) is 2.20. The van der Waals surface area contributed by atoms with E-state index in [9.17, 15) is 4.79 Å². The molecule has 1 unspecified atom stereocenters. The fourth-order valence-electron chi connectivity index (χ4n) is 2.22. The summed E-state index contributed by atoms with van der Waals surface area (Å²) in [5.74, 6) is -0.0364. The molecule has 0 radical (unpaired) electrons. The van der Waals surface area contributed by atoms with E-state index in [0.29, 0.717) is 6.54 Å². The van der Waals surface area contributed by atoms with Crippen LogP contribution in [0.3, 0.4) is 0 Å².